The van der Waals surface area contributed by atoms with E-state index < -0.39 is 12.0 Å². The predicted molar refractivity (Wildman–Crippen MR) is 72.3 cm³/mol. The predicted octanol–water partition coefficient (Wildman–Crippen LogP) is 1.27. The maximum absolute atomic E-state index is 12.0. The van der Waals surface area contributed by atoms with Crippen molar-refractivity contribution in [3.63, 3.8) is 0 Å². The van der Waals surface area contributed by atoms with Gasteiger partial charge in [0.15, 0.2) is 0 Å². The first-order valence-corrected chi connectivity index (χ1v) is 7.48. The van der Waals surface area contributed by atoms with Crippen LogP contribution in [0.4, 0.5) is 0 Å². The van der Waals surface area contributed by atoms with E-state index in [1.807, 2.05) is 6.92 Å². The molecule has 1 aliphatic heterocycles. The van der Waals surface area contributed by atoms with Crippen LogP contribution in [0.15, 0.2) is 0 Å². The molecule has 104 valence electrons. The second-order valence-electron chi connectivity index (χ2n) is 4.54. The standard InChI is InChI=1S/C12H22N2O3S/c1-9-14(10(8-18-9)12(16)17)11(15)6-4-2-3-5-7-13/h9-10H,2-8,13H2,1H3,(H,16,17). The quantitative estimate of drug-likeness (QED) is 0.683. The van der Waals surface area contributed by atoms with E-state index in [4.69, 9.17) is 10.8 Å². The number of amides is 1. The van der Waals surface area contributed by atoms with Crippen LogP contribution in [0.1, 0.15) is 39.0 Å². The molecular weight excluding hydrogens is 252 g/mol. The van der Waals surface area contributed by atoms with E-state index in [1.165, 1.54) is 16.7 Å². The van der Waals surface area contributed by atoms with Crippen molar-refractivity contribution in [3.05, 3.63) is 0 Å². The van der Waals surface area contributed by atoms with Gasteiger partial charge in [0.05, 0.1) is 5.37 Å². The fraction of sp³-hybridized carbons (Fsp3) is 0.833. The van der Waals surface area contributed by atoms with Crippen LogP contribution in [-0.4, -0.2) is 45.6 Å². The van der Waals surface area contributed by atoms with Crippen LogP contribution >= 0.6 is 11.8 Å². The number of hydrogen-bond donors (Lipinski definition) is 2. The molecule has 0 spiro atoms. The zero-order valence-corrected chi connectivity index (χ0v) is 11.6. The molecule has 18 heavy (non-hydrogen) atoms. The molecule has 0 bridgehead atoms. The molecule has 0 saturated carbocycles. The molecule has 1 aliphatic rings. The number of nitrogens with two attached hydrogens (primary N) is 1. The highest BCUT2D eigenvalue weighted by Crippen LogP contribution is 2.29. The number of carbonyl (C=O) groups is 2. The van der Waals surface area contributed by atoms with E-state index in [9.17, 15) is 9.59 Å². The number of carboxylic acid groups (broad SMARTS) is 1. The van der Waals surface area contributed by atoms with Gasteiger partial charge in [-0.2, -0.15) is 0 Å². The number of rotatable bonds is 7. The van der Waals surface area contributed by atoms with Crippen LogP contribution in [0.5, 0.6) is 0 Å². The van der Waals surface area contributed by atoms with Gasteiger partial charge in [-0.3, -0.25) is 4.79 Å². The minimum absolute atomic E-state index is 0.0253. The first kappa shape index (κ1) is 15.3. The minimum Gasteiger partial charge on any atom is -0.480 e. The van der Waals surface area contributed by atoms with Crippen molar-refractivity contribution in [2.75, 3.05) is 12.3 Å². The van der Waals surface area contributed by atoms with Crippen molar-refractivity contribution in [1.82, 2.24) is 4.90 Å². The minimum atomic E-state index is -0.900. The molecule has 0 aromatic carbocycles. The highest BCUT2D eigenvalue weighted by molar-refractivity contribution is 8.00. The third-order valence-electron chi connectivity index (χ3n) is 3.14. The summed E-state index contributed by atoms with van der Waals surface area (Å²) in [5.41, 5.74) is 5.40. The van der Waals surface area contributed by atoms with E-state index in [1.54, 1.807) is 0 Å². The van der Waals surface area contributed by atoms with Crippen molar-refractivity contribution in [3.8, 4) is 0 Å². The van der Waals surface area contributed by atoms with Gasteiger partial charge in [-0.1, -0.05) is 12.8 Å². The second-order valence-corrected chi connectivity index (χ2v) is 5.89. The number of thioether (sulfide) groups is 1. The zero-order valence-electron chi connectivity index (χ0n) is 10.8. The molecule has 1 saturated heterocycles. The topological polar surface area (TPSA) is 83.6 Å². The van der Waals surface area contributed by atoms with Crippen molar-refractivity contribution in [2.24, 2.45) is 5.73 Å². The van der Waals surface area contributed by atoms with Crippen LogP contribution in [0.3, 0.4) is 0 Å². The maximum Gasteiger partial charge on any atom is 0.327 e. The third kappa shape index (κ3) is 4.17. The lowest BCUT2D eigenvalue weighted by Crippen LogP contribution is -2.44. The average Bonchev–Trinajstić information content (AvgIpc) is 2.71. The molecule has 0 radical (unpaired) electrons. The normalized spacial score (nSPS) is 23.3. The maximum atomic E-state index is 12.0. The van der Waals surface area contributed by atoms with Crippen molar-refractivity contribution in [2.45, 2.75) is 50.4 Å². The van der Waals surface area contributed by atoms with Gasteiger partial charge in [0.25, 0.3) is 0 Å². The van der Waals surface area contributed by atoms with Crippen molar-refractivity contribution in [1.29, 1.82) is 0 Å². The van der Waals surface area contributed by atoms with E-state index in [0.717, 1.165) is 25.7 Å². The van der Waals surface area contributed by atoms with Crippen LogP contribution < -0.4 is 5.73 Å². The highest BCUT2D eigenvalue weighted by Gasteiger charge is 2.38. The lowest BCUT2D eigenvalue weighted by atomic mass is 10.1. The number of carbonyl (C=O) groups excluding carboxylic acids is 1. The van der Waals surface area contributed by atoms with Gasteiger partial charge in [-0.05, 0) is 26.3 Å². The molecule has 1 rings (SSSR count). The van der Waals surface area contributed by atoms with Gasteiger partial charge in [-0.15, -0.1) is 11.8 Å². The summed E-state index contributed by atoms with van der Waals surface area (Å²) in [6, 6.07) is -0.651. The van der Waals surface area contributed by atoms with Crippen LogP contribution in [0.25, 0.3) is 0 Å². The Morgan fingerprint density at radius 3 is 2.61 bits per heavy atom. The van der Waals surface area contributed by atoms with Gasteiger partial charge >= 0.3 is 5.97 Å². The number of aliphatic carboxylic acids is 1. The molecule has 0 aliphatic carbocycles. The monoisotopic (exact) mass is 274 g/mol. The fourth-order valence-corrected chi connectivity index (χ4v) is 3.30. The fourth-order valence-electron chi connectivity index (χ4n) is 2.11. The van der Waals surface area contributed by atoms with Gasteiger partial charge in [-0.25, -0.2) is 4.79 Å². The smallest absolute Gasteiger partial charge is 0.327 e. The Morgan fingerprint density at radius 2 is 2.00 bits per heavy atom. The largest absolute Gasteiger partial charge is 0.480 e. The van der Waals surface area contributed by atoms with Gasteiger partial charge < -0.3 is 15.7 Å². The Hall–Kier alpha value is -0.750. The van der Waals surface area contributed by atoms with Gasteiger partial charge in [0.1, 0.15) is 6.04 Å². The molecule has 1 amide bonds. The van der Waals surface area contributed by atoms with Gasteiger partial charge in [0.2, 0.25) is 5.91 Å². The number of nitrogens with zero attached hydrogens (tertiary/aromatic N) is 1. The molecule has 0 aromatic heterocycles. The highest BCUT2D eigenvalue weighted by atomic mass is 32.2. The molecule has 3 N–H and O–H groups in total. The second kappa shape index (κ2) is 7.63. The Balaban J connectivity index is 2.37. The number of carboxylic acids is 1. The van der Waals surface area contributed by atoms with E-state index >= 15 is 0 Å². The Kier molecular flexibility index (Phi) is 6.49. The summed E-state index contributed by atoms with van der Waals surface area (Å²) >= 11 is 1.53. The van der Waals surface area contributed by atoms with Gasteiger partial charge in [0, 0.05) is 12.2 Å². The lowest BCUT2D eigenvalue weighted by molar-refractivity contribution is -0.148. The summed E-state index contributed by atoms with van der Waals surface area (Å²) in [7, 11) is 0. The zero-order chi connectivity index (χ0) is 13.5. The summed E-state index contributed by atoms with van der Waals surface area (Å²) in [4.78, 5) is 24.6. The average molecular weight is 274 g/mol. The summed E-state index contributed by atoms with van der Waals surface area (Å²) in [5, 5.41) is 9.05. The van der Waals surface area contributed by atoms with E-state index in [0.29, 0.717) is 18.7 Å². The first-order chi connectivity index (χ1) is 8.57. The number of hydrogen-bond acceptors (Lipinski definition) is 4. The Morgan fingerprint density at radius 1 is 1.33 bits per heavy atom. The molecule has 0 aromatic rings. The number of unbranched alkanes of at least 4 members (excludes halogenated alkanes) is 3. The molecule has 5 nitrogen and oxygen atoms in total. The Bertz CT molecular complexity index is 299. The van der Waals surface area contributed by atoms with Crippen molar-refractivity contribution >= 4 is 23.6 Å². The third-order valence-corrected chi connectivity index (χ3v) is 4.36. The molecule has 2 atom stereocenters. The Labute approximate surface area is 112 Å². The summed E-state index contributed by atoms with van der Waals surface area (Å²) in [5.74, 6) is -0.439. The van der Waals surface area contributed by atoms with E-state index in [-0.39, 0.29) is 11.3 Å². The van der Waals surface area contributed by atoms with Crippen LogP contribution in [0, 0.1) is 0 Å². The van der Waals surface area contributed by atoms with Crippen LogP contribution in [-0.2, 0) is 9.59 Å². The molecule has 1 heterocycles. The lowest BCUT2D eigenvalue weighted by Gasteiger charge is -2.25. The molecule has 2 unspecified atom stereocenters. The summed E-state index contributed by atoms with van der Waals surface area (Å²) in [6.07, 6.45) is 4.27. The van der Waals surface area contributed by atoms with E-state index in [2.05, 4.69) is 0 Å². The van der Waals surface area contributed by atoms with Crippen molar-refractivity contribution < 1.29 is 14.7 Å². The molecule has 1 fully saturated rings. The molecule has 6 heteroatoms. The molecular formula is C12H22N2O3S. The SMILES string of the molecule is CC1SCC(C(=O)O)N1C(=O)CCCCCCN. The summed E-state index contributed by atoms with van der Waals surface area (Å²) < 4.78 is 0. The first-order valence-electron chi connectivity index (χ1n) is 6.43. The summed E-state index contributed by atoms with van der Waals surface area (Å²) in [6.45, 7) is 2.58. The van der Waals surface area contributed by atoms with Crippen LogP contribution in [0.2, 0.25) is 0 Å².